The number of ether oxygens (including phenoxy) is 1. The highest BCUT2D eigenvalue weighted by molar-refractivity contribution is 9.10. The van der Waals surface area contributed by atoms with Crippen LogP contribution in [-0.2, 0) is 4.43 Å². The van der Waals surface area contributed by atoms with Gasteiger partial charge in [-0.25, -0.2) is 0 Å². The molecule has 0 saturated carbocycles. The van der Waals surface area contributed by atoms with Crippen LogP contribution < -0.4 is 10.1 Å². The minimum atomic E-state index is -1.85. The summed E-state index contributed by atoms with van der Waals surface area (Å²) in [5, 5.41) is 3.89. The molecule has 1 aliphatic heterocycles. The Morgan fingerprint density at radius 3 is 2.29 bits per heavy atom. The molecule has 0 radical (unpaired) electrons. The number of nitrogens with one attached hydrogen (secondary N) is 1. The standard InChI is InChI=1S/C19H32BrNO2Si/c1-12-13-10-14(20)16(22-7)11-15(13)21-19(5,6)17(12)23-24(8,9)18(2,3)4/h10-12,17,21H,1-9H3. The number of rotatable bonds is 3. The summed E-state index contributed by atoms with van der Waals surface area (Å²) >= 11 is 3.62. The van der Waals surface area contributed by atoms with Gasteiger partial charge in [-0.1, -0.05) is 27.7 Å². The van der Waals surface area contributed by atoms with Gasteiger partial charge in [0.15, 0.2) is 8.32 Å². The molecule has 0 bridgehead atoms. The quantitative estimate of drug-likeness (QED) is 0.601. The zero-order valence-corrected chi connectivity index (χ0v) is 19.1. The predicted molar refractivity (Wildman–Crippen MR) is 109 cm³/mol. The maximum absolute atomic E-state index is 6.85. The van der Waals surface area contributed by atoms with Gasteiger partial charge in [0.1, 0.15) is 5.75 Å². The molecule has 2 unspecified atom stereocenters. The Kier molecular flexibility index (Phi) is 5.22. The van der Waals surface area contributed by atoms with Gasteiger partial charge in [0, 0.05) is 17.7 Å². The molecule has 0 amide bonds. The topological polar surface area (TPSA) is 30.5 Å². The van der Waals surface area contributed by atoms with E-state index in [-0.39, 0.29) is 16.7 Å². The third-order valence-corrected chi connectivity index (χ3v) is 10.7. The number of halogens is 1. The molecular formula is C19H32BrNO2Si. The fraction of sp³-hybridized carbons (Fsp3) is 0.684. The van der Waals surface area contributed by atoms with Crippen LogP contribution in [0.3, 0.4) is 0 Å². The van der Waals surface area contributed by atoms with Crippen molar-refractivity contribution in [3.63, 3.8) is 0 Å². The Hall–Kier alpha value is -0.523. The van der Waals surface area contributed by atoms with Crippen LogP contribution >= 0.6 is 15.9 Å². The maximum Gasteiger partial charge on any atom is 0.192 e. The van der Waals surface area contributed by atoms with E-state index in [4.69, 9.17) is 9.16 Å². The fourth-order valence-corrected chi connectivity index (χ4v) is 5.17. The lowest BCUT2D eigenvalue weighted by molar-refractivity contribution is 0.0961. The van der Waals surface area contributed by atoms with E-state index in [0.29, 0.717) is 5.92 Å². The molecule has 1 heterocycles. The van der Waals surface area contributed by atoms with Gasteiger partial charge in [-0.15, -0.1) is 0 Å². The van der Waals surface area contributed by atoms with E-state index < -0.39 is 8.32 Å². The van der Waals surface area contributed by atoms with Crippen LogP contribution in [0.25, 0.3) is 0 Å². The van der Waals surface area contributed by atoms with E-state index in [1.54, 1.807) is 7.11 Å². The summed E-state index contributed by atoms with van der Waals surface area (Å²) < 4.78 is 13.3. The summed E-state index contributed by atoms with van der Waals surface area (Å²) in [4.78, 5) is 0. The summed E-state index contributed by atoms with van der Waals surface area (Å²) in [6.45, 7) is 18.3. The summed E-state index contributed by atoms with van der Waals surface area (Å²) in [5.74, 6) is 1.17. The highest BCUT2D eigenvalue weighted by Crippen LogP contribution is 2.47. The lowest BCUT2D eigenvalue weighted by Crippen LogP contribution is -2.57. The lowest BCUT2D eigenvalue weighted by atomic mass is 9.79. The van der Waals surface area contributed by atoms with E-state index in [9.17, 15) is 0 Å². The Labute approximate surface area is 156 Å². The molecule has 0 aliphatic carbocycles. The molecule has 24 heavy (non-hydrogen) atoms. The van der Waals surface area contributed by atoms with Crippen molar-refractivity contribution in [2.75, 3.05) is 12.4 Å². The summed E-state index contributed by atoms with van der Waals surface area (Å²) in [6.07, 6.45) is 0.131. The third kappa shape index (κ3) is 3.53. The minimum Gasteiger partial charge on any atom is -0.495 e. The number of anilines is 1. The zero-order valence-electron chi connectivity index (χ0n) is 16.5. The molecule has 1 aliphatic rings. The van der Waals surface area contributed by atoms with Crippen molar-refractivity contribution < 1.29 is 9.16 Å². The Bertz CT molecular complexity index is 623. The van der Waals surface area contributed by atoms with Gasteiger partial charge in [-0.2, -0.15) is 0 Å². The third-order valence-electron chi connectivity index (χ3n) is 5.66. The molecule has 0 saturated heterocycles. The fourth-order valence-electron chi connectivity index (χ4n) is 3.16. The van der Waals surface area contributed by atoms with Gasteiger partial charge in [0.05, 0.1) is 23.2 Å². The van der Waals surface area contributed by atoms with Crippen LogP contribution in [0.5, 0.6) is 5.75 Å². The number of hydrogen-bond donors (Lipinski definition) is 1. The summed E-state index contributed by atoms with van der Waals surface area (Å²) in [5.41, 5.74) is 2.29. The van der Waals surface area contributed by atoms with Crippen molar-refractivity contribution in [2.45, 2.75) is 77.2 Å². The minimum absolute atomic E-state index is 0.131. The second-order valence-corrected chi connectivity index (χ2v) is 14.6. The predicted octanol–water partition coefficient (Wildman–Crippen LogP) is 6.16. The average Bonchev–Trinajstić information content (AvgIpc) is 2.42. The first-order valence-corrected chi connectivity index (χ1v) is 12.3. The Morgan fingerprint density at radius 2 is 1.79 bits per heavy atom. The first kappa shape index (κ1) is 19.8. The Morgan fingerprint density at radius 1 is 1.21 bits per heavy atom. The molecule has 136 valence electrons. The van der Waals surface area contributed by atoms with Crippen LogP contribution in [0.2, 0.25) is 18.1 Å². The Balaban J connectivity index is 2.44. The zero-order chi connectivity index (χ0) is 18.5. The van der Waals surface area contributed by atoms with Crippen LogP contribution in [-0.4, -0.2) is 27.1 Å². The molecule has 2 atom stereocenters. The second-order valence-electron chi connectivity index (χ2n) is 9.01. The van der Waals surface area contributed by atoms with E-state index in [1.165, 1.54) is 5.56 Å². The molecule has 5 heteroatoms. The molecule has 0 fully saturated rings. The van der Waals surface area contributed by atoms with Crippen LogP contribution in [0, 0.1) is 0 Å². The largest absolute Gasteiger partial charge is 0.495 e. The van der Waals surface area contributed by atoms with Crippen molar-refractivity contribution in [1.82, 2.24) is 0 Å². The SMILES string of the molecule is COc1cc2c(cc1Br)C(C)C(O[Si](C)(C)C(C)(C)C)C(C)(C)N2. The molecule has 1 aromatic carbocycles. The molecule has 2 rings (SSSR count). The second kappa shape index (κ2) is 6.33. The molecule has 0 spiro atoms. The number of hydrogen-bond acceptors (Lipinski definition) is 3. The molecule has 1 aromatic rings. The van der Waals surface area contributed by atoms with Gasteiger partial charge in [-0.05, 0) is 59.5 Å². The van der Waals surface area contributed by atoms with Crippen LogP contribution in [0.4, 0.5) is 5.69 Å². The van der Waals surface area contributed by atoms with Crippen molar-refractivity contribution in [1.29, 1.82) is 0 Å². The summed E-state index contributed by atoms with van der Waals surface area (Å²) in [6, 6.07) is 4.25. The lowest BCUT2D eigenvalue weighted by Gasteiger charge is -2.50. The molecular weight excluding hydrogens is 382 g/mol. The van der Waals surface area contributed by atoms with Gasteiger partial charge in [0.25, 0.3) is 0 Å². The van der Waals surface area contributed by atoms with Crippen molar-refractivity contribution in [2.24, 2.45) is 0 Å². The van der Waals surface area contributed by atoms with Crippen LogP contribution in [0.15, 0.2) is 16.6 Å². The maximum atomic E-state index is 6.85. The van der Waals surface area contributed by atoms with Gasteiger partial charge in [-0.3, -0.25) is 0 Å². The normalized spacial score (nSPS) is 23.4. The first-order chi connectivity index (χ1) is 10.8. The average molecular weight is 414 g/mol. The highest BCUT2D eigenvalue weighted by Gasteiger charge is 2.47. The van der Waals surface area contributed by atoms with Crippen LogP contribution in [0.1, 0.15) is 53.0 Å². The van der Waals surface area contributed by atoms with Crippen molar-refractivity contribution in [3.05, 3.63) is 22.2 Å². The van der Waals surface area contributed by atoms with E-state index >= 15 is 0 Å². The van der Waals surface area contributed by atoms with Crippen molar-refractivity contribution >= 4 is 29.9 Å². The van der Waals surface area contributed by atoms with Gasteiger partial charge < -0.3 is 14.5 Å². The van der Waals surface area contributed by atoms with Gasteiger partial charge >= 0.3 is 0 Å². The summed E-state index contributed by atoms with van der Waals surface area (Å²) in [7, 11) is -0.150. The smallest absolute Gasteiger partial charge is 0.192 e. The van der Waals surface area contributed by atoms with E-state index in [2.05, 4.69) is 88.0 Å². The number of benzene rings is 1. The first-order valence-electron chi connectivity index (χ1n) is 8.63. The number of methoxy groups -OCH3 is 1. The molecule has 0 aromatic heterocycles. The van der Waals surface area contributed by atoms with E-state index in [0.717, 1.165) is 15.9 Å². The number of fused-ring (bicyclic) bond motifs is 1. The molecule has 1 N–H and O–H groups in total. The van der Waals surface area contributed by atoms with Gasteiger partial charge in [0.2, 0.25) is 0 Å². The highest BCUT2D eigenvalue weighted by atomic mass is 79.9. The monoisotopic (exact) mass is 413 g/mol. The van der Waals surface area contributed by atoms with E-state index in [1.807, 2.05) is 0 Å². The molecule has 3 nitrogen and oxygen atoms in total. The van der Waals surface area contributed by atoms with Crippen molar-refractivity contribution in [3.8, 4) is 5.75 Å².